The van der Waals surface area contributed by atoms with Crippen molar-refractivity contribution in [2.24, 2.45) is 5.92 Å². The van der Waals surface area contributed by atoms with Gasteiger partial charge in [0, 0.05) is 30.4 Å². The van der Waals surface area contributed by atoms with Crippen molar-refractivity contribution in [3.63, 3.8) is 0 Å². The highest BCUT2D eigenvalue weighted by Crippen LogP contribution is 2.25. The monoisotopic (exact) mass is 276 g/mol. The third-order valence-corrected chi connectivity index (χ3v) is 4.00. The van der Waals surface area contributed by atoms with Crippen LogP contribution < -0.4 is 5.56 Å². The van der Waals surface area contributed by atoms with E-state index in [0.717, 1.165) is 25.8 Å². The zero-order chi connectivity index (χ0) is 14.5. The summed E-state index contributed by atoms with van der Waals surface area (Å²) in [7, 11) is 0. The summed E-state index contributed by atoms with van der Waals surface area (Å²) in [6, 6.07) is 3.45. The number of carbonyl (C=O) groups excluding carboxylic acids is 1. The van der Waals surface area contributed by atoms with Crippen LogP contribution in [0.1, 0.15) is 56.3 Å². The lowest BCUT2D eigenvalue weighted by atomic mass is 10.1. The molecule has 0 aromatic carbocycles. The first-order valence-corrected chi connectivity index (χ1v) is 7.57. The Morgan fingerprint density at radius 2 is 2.10 bits per heavy atom. The van der Waals surface area contributed by atoms with Crippen LogP contribution in [-0.4, -0.2) is 28.4 Å². The highest BCUT2D eigenvalue weighted by molar-refractivity contribution is 5.94. The fraction of sp³-hybridized carbons (Fsp3) is 0.625. The van der Waals surface area contributed by atoms with Gasteiger partial charge in [0.25, 0.3) is 5.91 Å². The van der Waals surface area contributed by atoms with Crippen LogP contribution >= 0.6 is 0 Å². The van der Waals surface area contributed by atoms with Gasteiger partial charge >= 0.3 is 0 Å². The fourth-order valence-electron chi connectivity index (χ4n) is 2.81. The van der Waals surface area contributed by atoms with E-state index in [-0.39, 0.29) is 11.5 Å². The quantitative estimate of drug-likeness (QED) is 0.899. The van der Waals surface area contributed by atoms with E-state index in [1.807, 2.05) is 4.90 Å². The average molecular weight is 276 g/mol. The van der Waals surface area contributed by atoms with E-state index in [1.165, 1.54) is 18.9 Å². The molecular weight excluding hydrogens is 252 g/mol. The van der Waals surface area contributed by atoms with Gasteiger partial charge in [-0.3, -0.25) is 9.59 Å². The molecule has 4 nitrogen and oxygen atoms in total. The lowest BCUT2D eigenvalue weighted by Gasteiger charge is -2.29. The standard InChI is InChI=1S/C16H24N2O2/c1-12(2)8-10-18(14-5-3-4-6-14)16(20)13-7-9-17-15(19)11-13/h7,9,11-12,14H,3-6,8,10H2,1-2H3,(H,17,19). The second kappa shape index (κ2) is 6.73. The molecule has 1 saturated carbocycles. The van der Waals surface area contributed by atoms with Crippen LogP contribution in [-0.2, 0) is 0 Å². The van der Waals surface area contributed by atoms with E-state index >= 15 is 0 Å². The van der Waals surface area contributed by atoms with Crippen molar-refractivity contribution in [1.29, 1.82) is 0 Å². The van der Waals surface area contributed by atoms with E-state index in [9.17, 15) is 9.59 Å². The molecule has 0 saturated heterocycles. The lowest BCUT2D eigenvalue weighted by Crippen LogP contribution is -2.40. The van der Waals surface area contributed by atoms with Crippen molar-refractivity contribution in [1.82, 2.24) is 9.88 Å². The molecule has 0 atom stereocenters. The Morgan fingerprint density at radius 1 is 1.40 bits per heavy atom. The molecule has 0 unspecified atom stereocenters. The number of H-pyrrole nitrogens is 1. The number of rotatable bonds is 5. The molecule has 0 radical (unpaired) electrons. The first-order chi connectivity index (χ1) is 9.58. The molecule has 1 N–H and O–H groups in total. The molecule has 110 valence electrons. The summed E-state index contributed by atoms with van der Waals surface area (Å²) in [6.45, 7) is 5.13. The van der Waals surface area contributed by atoms with E-state index in [0.29, 0.717) is 17.5 Å². The van der Waals surface area contributed by atoms with Gasteiger partial charge in [0.15, 0.2) is 0 Å². The molecule has 1 fully saturated rings. The van der Waals surface area contributed by atoms with Gasteiger partial charge in [-0.25, -0.2) is 0 Å². The fourth-order valence-corrected chi connectivity index (χ4v) is 2.81. The summed E-state index contributed by atoms with van der Waals surface area (Å²) < 4.78 is 0. The Hall–Kier alpha value is -1.58. The average Bonchev–Trinajstić information content (AvgIpc) is 2.92. The second-order valence-corrected chi connectivity index (χ2v) is 6.06. The number of pyridine rings is 1. The predicted molar refractivity (Wildman–Crippen MR) is 79.8 cm³/mol. The largest absolute Gasteiger partial charge is 0.336 e. The second-order valence-electron chi connectivity index (χ2n) is 6.06. The minimum absolute atomic E-state index is 0.00338. The zero-order valence-corrected chi connectivity index (χ0v) is 12.4. The minimum atomic E-state index is -0.217. The SMILES string of the molecule is CC(C)CCN(C(=O)c1cc[nH]c(=O)c1)C1CCCC1. The number of hydrogen-bond acceptors (Lipinski definition) is 2. The normalized spacial score (nSPS) is 15.8. The van der Waals surface area contributed by atoms with Crippen LogP contribution in [0.25, 0.3) is 0 Å². The molecule has 1 aromatic rings. The zero-order valence-electron chi connectivity index (χ0n) is 12.4. The van der Waals surface area contributed by atoms with Gasteiger partial charge in [-0.15, -0.1) is 0 Å². The van der Waals surface area contributed by atoms with Crippen molar-refractivity contribution in [2.45, 2.75) is 52.0 Å². The molecule has 0 bridgehead atoms. The predicted octanol–water partition coefficient (Wildman–Crippen LogP) is 2.81. The number of hydrogen-bond donors (Lipinski definition) is 1. The van der Waals surface area contributed by atoms with Crippen LogP contribution in [0.15, 0.2) is 23.1 Å². The van der Waals surface area contributed by atoms with Gasteiger partial charge in [0.05, 0.1) is 0 Å². The van der Waals surface area contributed by atoms with E-state index in [1.54, 1.807) is 12.3 Å². The topological polar surface area (TPSA) is 53.2 Å². The summed E-state index contributed by atoms with van der Waals surface area (Å²) in [5.41, 5.74) is 0.287. The maximum Gasteiger partial charge on any atom is 0.254 e. The molecule has 1 aliphatic rings. The number of aromatic amines is 1. The molecule has 4 heteroatoms. The third-order valence-electron chi connectivity index (χ3n) is 4.00. The molecule has 20 heavy (non-hydrogen) atoms. The number of nitrogens with zero attached hydrogens (tertiary/aromatic N) is 1. The van der Waals surface area contributed by atoms with Gasteiger partial charge in [0.2, 0.25) is 5.56 Å². The van der Waals surface area contributed by atoms with Crippen LogP contribution in [0.2, 0.25) is 0 Å². The van der Waals surface area contributed by atoms with Crippen molar-refractivity contribution < 1.29 is 4.79 Å². The number of amides is 1. The summed E-state index contributed by atoms with van der Waals surface area (Å²) in [6.07, 6.45) is 7.13. The molecule has 1 heterocycles. The molecule has 2 rings (SSSR count). The van der Waals surface area contributed by atoms with Gasteiger partial charge in [-0.1, -0.05) is 26.7 Å². The van der Waals surface area contributed by atoms with E-state index < -0.39 is 0 Å². The molecule has 1 aliphatic carbocycles. The Bertz CT molecular complexity index is 501. The van der Waals surface area contributed by atoms with E-state index in [4.69, 9.17) is 0 Å². The smallest absolute Gasteiger partial charge is 0.254 e. The van der Waals surface area contributed by atoms with Gasteiger partial charge in [-0.05, 0) is 31.2 Å². The van der Waals surface area contributed by atoms with Gasteiger partial charge in [0.1, 0.15) is 0 Å². The van der Waals surface area contributed by atoms with Crippen molar-refractivity contribution in [2.75, 3.05) is 6.54 Å². The molecule has 0 spiro atoms. The first-order valence-electron chi connectivity index (χ1n) is 7.57. The van der Waals surface area contributed by atoms with Gasteiger partial charge in [-0.2, -0.15) is 0 Å². The third kappa shape index (κ3) is 3.71. The summed E-state index contributed by atoms with van der Waals surface area (Å²) >= 11 is 0. The van der Waals surface area contributed by atoms with E-state index in [2.05, 4.69) is 18.8 Å². The number of aromatic nitrogens is 1. The molecular formula is C16H24N2O2. The van der Waals surface area contributed by atoms with Gasteiger partial charge < -0.3 is 9.88 Å². The van der Waals surface area contributed by atoms with Crippen molar-refractivity contribution in [3.8, 4) is 0 Å². The number of carbonyl (C=O) groups is 1. The Morgan fingerprint density at radius 3 is 2.70 bits per heavy atom. The highest BCUT2D eigenvalue weighted by Gasteiger charge is 2.27. The lowest BCUT2D eigenvalue weighted by molar-refractivity contribution is 0.0671. The summed E-state index contributed by atoms with van der Waals surface area (Å²) in [4.78, 5) is 28.6. The summed E-state index contributed by atoms with van der Waals surface area (Å²) in [5.74, 6) is 0.578. The van der Waals surface area contributed by atoms with Crippen LogP contribution in [0.5, 0.6) is 0 Å². The van der Waals surface area contributed by atoms with Crippen molar-refractivity contribution >= 4 is 5.91 Å². The van der Waals surface area contributed by atoms with Crippen LogP contribution in [0, 0.1) is 5.92 Å². The van der Waals surface area contributed by atoms with Crippen LogP contribution in [0.4, 0.5) is 0 Å². The maximum atomic E-state index is 12.7. The first kappa shape index (κ1) is 14.8. The Labute approximate surface area is 120 Å². The molecule has 0 aliphatic heterocycles. The Balaban J connectivity index is 2.16. The highest BCUT2D eigenvalue weighted by atomic mass is 16.2. The molecule has 1 amide bonds. The minimum Gasteiger partial charge on any atom is -0.336 e. The number of nitrogens with one attached hydrogen (secondary N) is 1. The summed E-state index contributed by atoms with van der Waals surface area (Å²) in [5, 5.41) is 0. The van der Waals surface area contributed by atoms with Crippen LogP contribution in [0.3, 0.4) is 0 Å². The van der Waals surface area contributed by atoms with Crippen molar-refractivity contribution in [3.05, 3.63) is 34.2 Å². The Kier molecular flexibility index (Phi) is 4.99. The molecule has 1 aromatic heterocycles. The maximum absolute atomic E-state index is 12.7.